The van der Waals surface area contributed by atoms with Gasteiger partial charge in [0.15, 0.2) is 12.0 Å². The van der Waals surface area contributed by atoms with E-state index in [4.69, 9.17) is 14.2 Å². The lowest BCUT2D eigenvalue weighted by Gasteiger charge is -2.47. The number of likely N-dealkylation sites (tertiary alicyclic amines) is 1. The molecule has 3 aromatic rings. The molecule has 2 amide bonds. The average molecular weight is 834 g/mol. The number of ether oxygens (including phenoxy) is 3. The predicted octanol–water partition coefficient (Wildman–Crippen LogP) is 3.92. The van der Waals surface area contributed by atoms with Crippen LogP contribution in [0.2, 0.25) is 0 Å². The molecule has 330 valence electrons. The summed E-state index contributed by atoms with van der Waals surface area (Å²) >= 11 is 0. The standard InChI is InChI=1S/C43H61N7O8.C2H6/c1-44-40-37(52)9-8-35(41(40)57-27-23-51)38(53)29-45-16-21-47(2)39(54)13-25-56-24-12-33-5-3-4-32(28-33)10-17-48-19-14-43(15-20-48)31-49(22-26-58-43)42(55)36-11-18-50(46-36)30-34-6-7-34;1-2/h3-5,8-9,11,18,23,28,34,38,44-45,52-53H,6-7,10,12-17,19-22,24-27,29-31H2,1-2H3;1-2H3. The van der Waals surface area contributed by atoms with Crippen LogP contribution in [-0.4, -0.2) is 151 Å². The van der Waals surface area contributed by atoms with Crippen molar-refractivity contribution >= 4 is 23.8 Å². The summed E-state index contributed by atoms with van der Waals surface area (Å²) in [7, 11) is 3.36. The molecule has 0 bridgehead atoms. The number of benzene rings is 2. The van der Waals surface area contributed by atoms with Gasteiger partial charge in [-0.25, -0.2) is 0 Å². The second kappa shape index (κ2) is 23.5. The fraction of sp³-hybridized carbons (Fsp3) is 0.600. The molecule has 1 unspecified atom stereocenters. The lowest BCUT2D eigenvalue weighted by Crippen LogP contribution is -2.58. The van der Waals surface area contributed by atoms with Crippen molar-refractivity contribution in [3.05, 3.63) is 71.0 Å². The summed E-state index contributed by atoms with van der Waals surface area (Å²) in [5.41, 5.74) is 3.48. The van der Waals surface area contributed by atoms with E-state index < -0.39 is 6.10 Å². The van der Waals surface area contributed by atoms with Crippen molar-refractivity contribution in [2.24, 2.45) is 5.92 Å². The molecule has 4 N–H and O–H groups in total. The number of aliphatic hydroxyl groups excluding tert-OH is 1. The summed E-state index contributed by atoms with van der Waals surface area (Å²) < 4.78 is 19.6. The predicted molar refractivity (Wildman–Crippen MR) is 231 cm³/mol. The molecule has 1 aliphatic carbocycles. The van der Waals surface area contributed by atoms with E-state index in [-0.39, 0.29) is 48.5 Å². The number of morpholine rings is 1. The number of aliphatic hydroxyl groups is 1. The van der Waals surface area contributed by atoms with Gasteiger partial charge >= 0.3 is 0 Å². The number of amides is 2. The Hall–Kier alpha value is -4.54. The Morgan fingerprint density at radius 3 is 2.58 bits per heavy atom. The van der Waals surface area contributed by atoms with Crippen molar-refractivity contribution in [3.63, 3.8) is 0 Å². The van der Waals surface area contributed by atoms with Gasteiger partial charge in [0.1, 0.15) is 23.7 Å². The minimum atomic E-state index is -0.963. The third kappa shape index (κ3) is 13.5. The molecule has 3 fully saturated rings. The van der Waals surface area contributed by atoms with E-state index >= 15 is 0 Å². The van der Waals surface area contributed by atoms with Crippen molar-refractivity contribution in [1.82, 2.24) is 29.8 Å². The number of hydrogen-bond donors (Lipinski definition) is 4. The number of nitrogens with zero attached hydrogens (tertiary/aromatic N) is 5. The zero-order chi connectivity index (χ0) is 42.9. The number of phenolic OH excluding ortho intramolecular Hbond substituents is 1. The number of aromatic nitrogens is 2. The number of rotatable bonds is 22. The highest BCUT2D eigenvalue weighted by molar-refractivity contribution is 5.92. The second-order valence-corrected chi connectivity index (χ2v) is 15.8. The minimum absolute atomic E-state index is 0.0119. The Morgan fingerprint density at radius 2 is 1.85 bits per heavy atom. The molecule has 3 heterocycles. The van der Waals surface area contributed by atoms with Crippen LogP contribution < -0.4 is 15.4 Å². The van der Waals surface area contributed by atoms with Gasteiger partial charge in [0.2, 0.25) is 5.91 Å². The molecular weight excluding hydrogens is 767 g/mol. The summed E-state index contributed by atoms with van der Waals surface area (Å²) in [5.74, 6) is 0.865. The molecule has 2 saturated heterocycles. The van der Waals surface area contributed by atoms with Gasteiger partial charge in [-0.05, 0) is 73.8 Å². The maximum absolute atomic E-state index is 13.3. The van der Waals surface area contributed by atoms with Crippen LogP contribution in [0.5, 0.6) is 11.5 Å². The van der Waals surface area contributed by atoms with E-state index in [1.54, 1.807) is 25.1 Å². The first-order chi connectivity index (χ1) is 29.2. The highest BCUT2D eigenvalue weighted by Gasteiger charge is 2.41. The first-order valence-electron chi connectivity index (χ1n) is 21.7. The van der Waals surface area contributed by atoms with E-state index in [9.17, 15) is 24.6 Å². The Balaban J connectivity index is 0.00000336. The molecule has 15 heteroatoms. The Bertz CT molecular complexity index is 1810. The maximum Gasteiger partial charge on any atom is 0.274 e. The molecule has 60 heavy (non-hydrogen) atoms. The molecule has 2 aliphatic heterocycles. The summed E-state index contributed by atoms with van der Waals surface area (Å²) in [6.07, 6.45) is 7.90. The number of carbonyl (C=O) groups excluding carboxylic acids is 3. The van der Waals surface area contributed by atoms with Crippen molar-refractivity contribution in [1.29, 1.82) is 0 Å². The number of phenols is 1. The molecule has 1 spiro atoms. The molecule has 1 aromatic heterocycles. The van der Waals surface area contributed by atoms with E-state index in [1.165, 1.54) is 30.0 Å². The summed E-state index contributed by atoms with van der Waals surface area (Å²) in [6.45, 7) is 11.3. The van der Waals surface area contributed by atoms with Gasteiger partial charge in [-0.15, -0.1) is 0 Å². The molecule has 15 nitrogen and oxygen atoms in total. The van der Waals surface area contributed by atoms with Gasteiger partial charge in [-0.1, -0.05) is 38.1 Å². The van der Waals surface area contributed by atoms with Gasteiger partial charge in [-0.2, -0.15) is 5.10 Å². The van der Waals surface area contributed by atoms with E-state index in [2.05, 4.69) is 44.9 Å². The van der Waals surface area contributed by atoms with E-state index in [0.717, 1.165) is 51.9 Å². The van der Waals surface area contributed by atoms with E-state index in [0.29, 0.717) is 75.1 Å². The quantitative estimate of drug-likeness (QED) is 0.0655. The minimum Gasteiger partial charge on any atom is -0.506 e. The zero-order valence-electron chi connectivity index (χ0n) is 36.1. The van der Waals surface area contributed by atoms with Gasteiger partial charge in [0, 0.05) is 78.2 Å². The van der Waals surface area contributed by atoms with Gasteiger partial charge in [0.05, 0.1) is 44.5 Å². The summed E-state index contributed by atoms with van der Waals surface area (Å²) in [5, 5.41) is 31.5. The van der Waals surface area contributed by atoms with Gasteiger partial charge in [0.25, 0.3) is 5.91 Å². The van der Waals surface area contributed by atoms with Gasteiger partial charge in [-0.3, -0.25) is 19.1 Å². The fourth-order valence-electron chi connectivity index (χ4n) is 7.76. The molecule has 0 radical (unpaired) electrons. The number of anilines is 1. The number of aromatic hydroxyl groups is 1. The lowest BCUT2D eigenvalue weighted by atomic mass is 9.89. The van der Waals surface area contributed by atoms with Crippen LogP contribution in [0.3, 0.4) is 0 Å². The van der Waals surface area contributed by atoms with Crippen LogP contribution >= 0.6 is 0 Å². The van der Waals surface area contributed by atoms with Crippen LogP contribution in [0, 0.1) is 5.92 Å². The largest absolute Gasteiger partial charge is 0.506 e. The zero-order valence-corrected chi connectivity index (χ0v) is 36.1. The van der Waals surface area contributed by atoms with Crippen LogP contribution in [0.25, 0.3) is 0 Å². The number of aldehydes is 1. The number of hydrogen-bond acceptors (Lipinski definition) is 12. The van der Waals surface area contributed by atoms with Crippen molar-refractivity contribution in [3.8, 4) is 11.5 Å². The first kappa shape index (κ1) is 46.5. The highest BCUT2D eigenvalue weighted by Crippen LogP contribution is 2.39. The number of likely N-dealkylation sites (N-methyl/N-ethyl adjacent to an activating group) is 1. The van der Waals surface area contributed by atoms with Crippen molar-refractivity contribution < 1.29 is 38.8 Å². The Kier molecular flexibility index (Phi) is 18.2. The SMILES string of the molecule is CC.CNc1c(O)ccc(C(O)CNCCN(C)C(=O)CCOCCc2cccc(CCN3CCC4(CC3)CN(C(=O)c3ccn(CC5CC5)n3)CCO4)c2)c1OCC=O. The smallest absolute Gasteiger partial charge is 0.274 e. The van der Waals surface area contributed by atoms with Crippen LogP contribution in [0.15, 0.2) is 48.7 Å². The van der Waals surface area contributed by atoms with Gasteiger partial charge < -0.3 is 49.8 Å². The third-order valence-electron chi connectivity index (χ3n) is 11.5. The molecule has 3 aliphatic rings. The van der Waals surface area contributed by atoms with Crippen LogP contribution in [0.4, 0.5) is 5.69 Å². The lowest BCUT2D eigenvalue weighted by molar-refractivity contribution is -0.131. The second-order valence-electron chi connectivity index (χ2n) is 15.8. The number of carbonyl (C=O) groups is 3. The number of nitrogens with one attached hydrogen (secondary N) is 2. The fourth-order valence-corrected chi connectivity index (χ4v) is 7.76. The average Bonchev–Trinajstić information content (AvgIpc) is 3.97. The molecule has 1 saturated carbocycles. The Morgan fingerprint density at radius 1 is 1.08 bits per heavy atom. The molecular formula is C45H67N7O8. The van der Waals surface area contributed by atoms with Crippen LogP contribution in [0.1, 0.15) is 79.2 Å². The normalized spacial score (nSPS) is 16.8. The summed E-state index contributed by atoms with van der Waals surface area (Å²) in [4.78, 5) is 42.9. The topological polar surface area (TPSA) is 171 Å². The monoisotopic (exact) mass is 834 g/mol. The first-order valence-corrected chi connectivity index (χ1v) is 21.7. The maximum atomic E-state index is 13.3. The van der Waals surface area contributed by atoms with Crippen molar-refractivity contribution in [2.45, 2.75) is 77.0 Å². The summed E-state index contributed by atoms with van der Waals surface area (Å²) in [6, 6.07) is 13.5. The molecule has 2 aromatic carbocycles. The third-order valence-corrected chi connectivity index (χ3v) is 11.5. The number of piperidine rings is 1. The molecule has 1 atom stereocenters. The Labute approximate surface area is 355 Å². The van der Waals surface area contributed by atoms with E-state index in [1.807, 2.05) is 35.7 Å². The molecule has 6 rings (SSSR count). The van der Waals surface area contributed by atoms with Crippen LogP contribution in [-0.2, 0) is 38.4 Å². The van der Waals surface area contributed by atoms with Crippen molar-refractivity contribution in [2.75, 3.05) is 98.2 Å². The highest BCUT2D eigenvalue weighted by atomic mass is 16.5.